The molecular formula is C19H26N4O3. The third kappa shape index (κ3) is 4.47. The number of nitrogens with one attached hydrogen (secondary N) is 1. The van der Waals surface area contributed by atoms with Crippen LogP contribution in [0.5, 0.6) is 0 Å². The van der Waals surface area contributed by atoms with Crippen LogP contribution in [0.25, 0.3) is 0 Å². The fraction of sp³-hybridized carbons (Fsp3) is 0.526. The Morgan fingerprint density at radius 1 is 1.23 bits per heavy atom. The largest absolute Gasteiger partial charge is 0.379 e. The molecule has 140 valence electrons. The predicted molar refractivity (Wildman–Crippen MR) is 100 cm³/mol. The number of rotatable bonds is 5. The van der Waals surface area contributed by atoms with Gasteiger partial charge in [-0.3, -0.25) is 14.5 Å². The molecule has 1 fully saturated rings. The molecule has 2 amide bonds. The van der Waals surface area contributed by atoms with Gasteiger partial charge in [-0.2, -0.15) is 5.10 Å². The van der Waals surface area contributed by atoms with E-state index in [2.05, 4.69) is 15.3 Å². The standard InChI is InChI=1S/C19H26N4O3/c1-14-3-4-15(2)17(13-14)23-18(24)6-5-16(21-23)19(25)20-7-8-22-9-11-26-12-10-22/h3-4,13H,5-12H2,1-2H3,(H,20,25). The van der Waals surface area contributed by atoms with Gasteiger partial charge >= 0.3 is 0 Å². The predicted octanol–water partition coefficient (Wildman–Crippen LogP) is 1.23. The van der Waals surface area contributed by atoms with E-state index in [9.17, 15) is 9.59 Å². The topological polar surface area (TPSA) is 74.2 Å². The number of hydrogen-bond acceptors (Lipinski definition) is 5. The Balaban J connectivity index is 1.64. The molecule has 2 aliphatic rings. The van der Waals surface area contributed by atoms with E-state index in [1.807, 2.05) is 32.0 Å². The van der Waals surface area contributed by atoms with Gasteiger partial charge in [-0.15, -0.1) is 0 Å². The van der Waals surface area contributed by atoms with Crippen molar-refractivity contribution < 1.29 is 14.3 Å². The molecule has 0 atom stereocenters. The highest BCUT2D eigenvalue weighted by molar-refractivity contribution is 6.40. The first-order chi connectivity index (χ1) is 12.5. The number of ether oxygens (including phenoxy) is 1. The van der Waals surface area contributed by atoms with Crippen molar-refractivity contribution in [1.29, 1.82) is 0 Å². The van der Waals surface area contributed by atoms with Crippen LogP contribution in [0.4, 0.5) is 5.69 Å². The number of anilines is 1. The van der Waals surface area contributed by atoms with Crippen molar-refractivity contribution in [2.75, 3.05) is 44.4 Å². The van der Waals surface area contributed by atoms with E-state index in [4.69, 9.17) is 4.74 Å². The van der Waals surface area contributed by atoms with E-state index in [1.54, 1.807) is 0 Å². The molecule has 1 aromatic rings. The summed E-state index contributed by atoms with van der Waals surface area (Å²) in [6.45, 7) is 8.55. The van der Waals surface area contributed by atoms with Crippen LogP contribution >= 0.6 is 0 Å². The lowest BCUT2D eigenvalue weighted by molar-refractivity contribution is -0.119. The number of aryl methyl sites for hydroxylation is 2. The maximum absolute atomic E-state index is 12.5. The Morgan fingerprint density at radius 2 is 2.00 bits per heavy atom. The van der Waals surface area contributed by atoms with Crippen molar-refractivity contribution in [2.45, 2.75) is 26.7 Å². The minimum absolute atomic E-state index is 0.0800. The average molecular weight is 358 g/mol. The van der Waals surface area contributed by atoms with Crippen LogP contribution in [-0.4, -0.2) is 61.8 Å². The lowest BCUT2D eigenvalue weighted by atomic mass is 10.1. The highest BCUT2D eigenvalue weighted by Crippen LogP contribution is 2.25. The van der Waals surface area contributed by atoms with Crippen molar-refractivity contribution >= 4 is 23.2 Å². The maximum atomic E-state index is 12.5. The number of benzene rings is 1. The first-order valence-electron chi connectivity index (χ1n) is 9.10. The van der Waals surface area contributed by atoms with E-state index in [0.717, 1.165) is 49.7 Å². The second-order valence-corrected chi connectivity index (χ2v) is 6.75. The zero-order valence-corrected chi connectivity index (χ0v) is 15.5. The third-order valence-electron chi connectivity index (χ3n) is 4.70. The van der Waals surface area contributed by atoms with Crippen LogP contribution < -0.4 is 10.3 Å². The number of carbonyl (C=O) groups is 2. The summed E-state index contributed by atoms with van der Waals surface area (Å²) >= 11 is 0. The van der Waals surface area contributed by atoms with Gasteiger partial charge in [-0.05, 0) is 31.0 Å². The van der Waals surface area contributed by atoms with Crippen molar-refractivity contribution in [1.82, 2.24) is 10.2 Å². The summed E-state index contributed by atoms with van der Waals surface area (Å²) in [5, 5.41) is 8.66. The normalized spacial score (nSPS) is 18.6. The number of amides is 2. The molecule has 0 spiro atoms. The van der Waals surface area contributed by atoms with Crippen LogP contribution in [0.15, 0.2) is 23.3 Å². The highest BCUT2D eigenvalue weighted by Gasteiger charge is 2.26. The minimum Gasteiger partial charge on any atom is -0.379 e. The monoisotopic (exact) mass is 358 g/mol. The molecule has 2 heterocycles. The minimum atomic E-state index is -0.193. The summed E-state index contributed by atoms with van der Waals surface area (Å²) in [6, 6.07) is 5.89. The smallest absolute Gasteiger partial charge is 0.267 e. The van der Waals surface area contributed by atoms with Crippen molar-refractivity contribution in [3.63, 3.8) is 0 Å². The van der Waals surface area contributed by atoms with E-state index in [0.29, 0.717) is 25.1 Å². The molecule has 7 nitrogen and oxygen atoms in total. The number of morpholine rings is 1. The van der Waals surface area contributed by atoms with Gasteiger partial charge in [0.1, 0.15) is 5.71 Å². The van der Waals surface area contributed by atoms with E-state index in [1.165, 1.54) is 5.01 Å². The summed E-state index contributed by atoms with van der Waals surface area (Å²) in [7, 11) is 0. The van der Waals surface area contributed by atoms with E-state index in [-0.39, 0.29) is 11.8 Å². The molecule has 2 aliphatic heterocycles. The van der Waals surface area contributed by atoms with Gasteiger partial charge in [0.05, 0.1) is 18.9 Å². The van der Waals surface area contributed by atoms with Gasteiger partial charge in [0.25, 0.3) is 5.91 Å². The summed E-state index contributed by atoms with van der Waals surface area (Å²) in [5.74, 6) is -0.273. The van der Waals surface area contributed by atoms with Gasteiger partial charge < -0.3 is 10.1 Å². The fourth-order valence-electron chi connectivity index (χ4n) is 3.11. The van der Waals surface area contributed by atoms with Crippen LogP contribution in [-0.2, 0) is 14.3 Å². The van der Waals surface area contributed by atoms with Crippen LogP contribution in [0.2, 0.25) is 0 Å². The van der Waals surface area contributed by atoms with Crippen LogP contribution in [0, 0.1) is 13.8 Å². The zero-order chi connectivity index (χ0) is 18.5. The Morgan fingerprint density at radius 3 is 2.77 bits per heavy atom. The summed E-state index contributed by atoms with van der Waals surface area (Å²) in [6.07, 6.45) is 0.673. The first kappa shape index (κ1) is 18.5. The molecule has 7 heteroatoms. The fourth-order valence-corrected chi connectivity index (χ4v) is 3.11. The van der Waals surface area contributed by atoms with Gasteiger partial charge in [0.2, 0.25) is 5.91 Å². The van der Waals surface area contributed by atoms with Crippen molar-refractivity contribution in [3.8, 4) is 0 Å². The molecule has 0 unspecified atom stereocenters. The lowest BCUT2D eigenvalue weighted by Crippen LogP contribution is -2.44. The number of nitrogens with zero attached hydrogens (tertiary/aromatic N) is 3. The number of hydrazone groups is 1. The molecule has 3 rings (SSSR count). The van der Waals surface area contributed by atoms with Crippen LogP contribution in [0.1, 0.15) is 24.0 Å². The Labute approximate surface area is 154 Å². The number of carbonyl (C=O) groups excluding carboxylic acids is 2. The molecule has 1 saturated heterocycles. The number of hydrogen-bond donors (Lipinski definition) is 1. The highest BCUT2D eigenvalue weighted by atomic mass is 16.5. The summed E-state index contributed by atoms with van der Waals surface area (Å²) in [4.78, 5) is 27.0. The molecule has 0 aromatic heterocycles. The van der Waals surface area contributed by atoms with Gasteiger partial charge in [-0.25, -0.2) is 5.01 Å². The average Bonchev–Trinajstić information content (AvgIpc) is 2.65. The lowest BCUT2D eigenvalue weighted by Gasteiger charge is -2.27. The molecule has 0 bridgehead atoms. The molecule has 0 saturated carbocycles. The second-order valence-electron chi connectivity index (χ2n) is 6.75. The van der Waals surface area contributed by atoms with Crippen LogP contribution in [0.3, 0.4) is 0 Å². The van der Waals surface area contributed by atoms with Gasteiger partial charge in [0, 0.05) is 39.0 Å². The Hall–Kier alpha value is -2.25. The molecule has 1 N–H and O–H groups in total. The SMILES string of the molecule is Cc1ccc(C)c(N2N=C(C(=O)NCCN3CCOCC3)CCC2=O)c1. The van der Waals surface area contributed by atoms with E-state index < -0.39 is 0 Å². The molecule has 26 heavy (non-hydrogen) atoms. The van der Waals surface area contributed by atoms with Crippen molar-refractivity contribution in [3.05, 3.63) is 29.3 Å². The molecule has 0 aliphatic carbocycles. The Kier molecular flexibility index (Phi) is 6.00. The maximum Gasteiger partial charge on any atom is 0.267 e. The molecule has 1 aromatic carbocycles. The first-order valence-corrected chi connectivity index (χ1v) is 9.10. The molecular weight excluding hydrogens is 332 g/mol. The third-order valence-corrected chi connectivity index (χ3v) is 4.70. The second kappa shape index (κ2) is 8.42. The van der Waals surface area contributed by atoms with Gasteiger partial charge in [0.15, 0.2) is 0 Å². The van der Waals surface area contributed by atoms with E-state index >= 15 is 0 Å². The Bertz CT molecular complexity index is 711. The van der Waals surface area contributed by atoms with Gasteiger partial charge in [-0.1, -0.05) is 12.1 Å². The summed E-state index contributed by atoms with van der Waals surface area (Å²) < 4.78 is 5.32. The van der Waals surface area contributed by atoms with Crippen molar-refractivity contribution in [2.24, 2.45) is 5.10 Å². The zero-order valence-electron chi connectivity index (χ0n) is 15.5. The molecule has 0 radical (unpaired) electrons. The quantitative estimate of drug-likeness (QED) is 0.859. The summed E-state index contributed by atoms with van der Waals surface area (Å²) in [5.41, 5.74) is 3.16.